The van der Waals surface area contributed by atoms with Crippen molar-refractivity contribution in [1.82, 2.24) is 19.4 Å². The van der Waals surface area contributed by atoms with Gasteiger partial charge in [0.1, 0.15) is 17.4 Å². The number of hydrogen-bond donors (Lipinski definition) is 1. The van der Waals surface area contributed by atoms with E-state index < -0.39 is 11.6 Å². The van der Waals surface area contributed by atoms with Crippen molar-refractivity contribution in [3.05, 3.63) is 82.5 Å². The number of fused-ring (bicyclic) bond motifs is 1. The molecule has 29 heavy (non-hydrogen) atoms. The summed E-state index contributed by atoms with van der Waals surface area (Å²) in [6, 6.07) is 17.4. The molecule has 4 rings (SSSR count). The average Bonchev–Trinajstić information content (AvgIpc) is 3.01. The summed E-state index contributed by atoms with van der Waals surface area (Å²) in [4.78, 5) is 25.9. The summed E-state index contributed by atoms with van der Waals surface area (Å²) < 4.78 is 15.6. The van der Waals surface area contributed by atoms with Gasteiger partial charge in [0.2, 0.25) is 5.91 Å². The molecule has 0 fully saturated rings. The molecule has 0 aliphatic carbocycles. The monoisotopic (exact) mass is 409 g/mol. The molecule has 0 unspecified atom stereocenters. The molecular weight excluding hydrogens is 393 g/mol. The Morgan fingerprint density at radius 2 is 1.90 bits per heavy atom. The summed E-state index contributed by atoms with van der Waals surface area (Å²) >= 11 is 1.42. The van der Waals surface area contributed by atoms with Gasteiger partial charge in [-0.15, -0.1) is 5.10 Å². The minimum absolute atomic E-state index is 0.278. The van der Waals surface area contributed by atoms with Crippen LogP contribution in [0.2, 0.25) is 0 Å². The Balaban J connectivity index is 1.53. The SMILES string of the molecule is Cc1cc(NC(=O)Cn2nc3ccc(Sc4ccccc4)nn3c2=O)ccc1F. The van der Waals surface area contributed by atoms with E-state index in [0.717, 1.165) is 9.58 Å². The third-order valence-electron chi connectivity index (χ3n) is 4.12. The predicted octanol–water partition coefficient (Wildman–Crippen LogP) is 3.13. The van der Waals surface area contributed by atoms with E-state index in [4.69, 9.17) is 0 Å². The second-order valence-corrected chi connectivity index (χ2v) is 7.40. The van der Waals surface area contributed by atoms with Crippen molar-refractivity contribution in [3.63, 3.8) is 0 Å². The van der Waals surface area contributed by atoms with Crippen LogP contribution in [0.15, 0.2) is 75.4 Å². The minimum Gasteiger partial charge on any atom is -0.324 e. The van der Waals surface area contributed by atoms with Gasteiger partial charge in [0.25, 0.3) is 0 Å². The number of nitrogens with one attached hydrogen (secondary N) is 1. The number of benzene rings is 2. The molecule has 0 atom stereocenters. The molecule has 0 aliphatic rings. The smallest absolute Gasteiger partial charge is 0.324 e. The van der Waals surface area contributed by atoms with Crippen LogP contribution >= 0.6 is 11.8 Å². The highest BCUT2D eigenvalue weighted by Crippen LogP contribution is 2.25. The molecule has 0 aliphatic heterocycles. The molecule has 0 saturated carbocycles. The Labute approximate surface area is 169 Å². The van der Waals surface area contributed by atoms with Crippen molar-refractivity contribution in [2.45, 2.75) is 23.4 Å². The van der Waals surface area contributed by atoms with Crippen molar-refractivity contribution in [1.29, 1.82) is 0 Å². The maximum atomic E-state index is 13.3. The summed E-state index contributed by atoms with van der Waals surface area (Å²) in [5, 5.41) is 11.7. The highest BCUT2D eigenvalue weighted by Gasteiger charge is 2.13. The Morgan fingerprint density at radius 3 is 2.66 bits per heavy atom. The number of amides is 1. The van der Waals surface area contributed by atoms with Crippen molar-refractivity contribution in [2.24, 2.45) is 0 Å². The van der Waals surface area contributed by atoms with Crippen LogP contribution in [-0.2, 0) is 11.3 Å². The summed E-state index contributed by atoms with van der Waals surface area (Å²) in [5.74, 6) is -0.796. The molecular formula is C20H16FN5O2S. The number of rotatable bonds is 5. The largest absolute Gasteiger partial charge is 0.367 e. The summed E-state index contributed by atoms with van der Waals surface area (Å²) in [6.07, 6.45) is 0. The van der Waals surface area contributed by atoms with Gasteiger partial charge in [-0.2, -0.15) is 9.61 Å². The van der Waals surface area contributed by atoms with Crippen LogP contribution < -0.4 is 11.0 Å². The molecule has 1 amide bonds. The maximum Gasteiger partial charge on any atom is 0.367 e. The fraction of sp³-hybridized carbons (Fsp3) is 0.100. The summed E-state index contributed by atoms with van der Waals surface area (Å²) in [6.45, 7) is 1.33. The molecule has 0 spiro atoms. The quantitative estimate of drug-likeness (QED) is 0.548. The maximum absolute atomic E-state index is 13.3. The van der Waals surface area contributed by atoms with Crippen LogP contribution in [0.25, 0.3) is 5.65 Å². The van der Waals surface area contributed by atoms with Gasteiger partial charge in [-0.05, 0) is 55.0 Å². The van der Waals surface area contributed by atoms with Crippen LogP contribution in [0, 0.1) is 12.7 Å². The van der Waals surface area contributed by atoms with Crippen LogP contribution in [0.1, 0.15) is 5.56 Å². The van der Waals surface area contributed by atoms with E-state index in [0.29, 0.717) is 21.9 Å². The van der Waals surface area contributed by atoms with Crippen molar-refractivity contribution in [3.8, 4) is 0 Å². The highest BCUT2D eigenvalue weighted by molar-refractivity contribution is 7.99. The van der Waals surface area contributed by atoms with Gasteiger partial charge >= 0.3 is 5.69 Å². The van der Waals surface area contributed by atoms with E-state index in [-0.39, 0.29) is 12.4 Å². The van der Waals surface area contributed by atoms with E-state index >= 15 is 0 Å². The molecule has 2 aromatic carbocycles. The molecule has 0 bridgehead atoms. The third-order valence-corrected chi connectivity index (χ3v) is 5.05. The first kappa shape index (κ1) is 18.9. The van der Waals surface area contributed by atoms with Crippen molar-refractivity contribution in [2.75, 3.05) is 5.32 Å². The van der Waals surface area contributed by atoms with Crippen LogP contribution in [0.4, 0.5) is 10.1 Å². The van der Waals surface area contributed by atoms with E-state index in [1.54, 1.807) is 19.1 Å². The number of carbonyl (C=O) groups is 1. The molecule has 4 aromatic rings. The third kappa shape index (κ3) is 4.19. The van der Waals surface area contributed by atoms with Gasteiger partial charge in [0, 0.05) is 10.6 Å². The number of aryl methyl sites for hydroxylation is 1. The zero-order valence-electron chi connectivity index (χ0n) is 15.4. The topological polar surface area (TPSA) is 81.3 Å². The predicted molar refractivity (Wildman–Crippen MR) is 108 cm³/mol. The number of nitrogens with zero attached hydrogens (tertiary/aromatic N) is 4. The Morgan fingerprint density at radius 1 is 1.10 bits per heavy atom. The lowest BCUT2D eigenvalue weighted by atomic mass is 10.2. The molecule has 7 nitrogen and oxygen atoms in total. The molecule has 146 valence electrons. The first-order chi connectivity index (χ1) is 14.0. The first-order valence-corrected chi connectivity index (χ1v) is 9.57. The van der Waals surface area contributed by atoms with Gasteiger partial charge in [-0.3, -0.25) is 4.79 Å². The lowest BCUT2D eigenvalue weighted by molar-refractivity contribution is -0.117. The first-order valence-electron chi connectivity index (χ1n) is 8.75. The van der Waals surface area contributed by atoms with E-state index in [2.05, 4.69) is 15.5 Å². The van der Waals surface area contributed by atoms with Gasteiger partial charge in [0.15, 0.2) is 5.65 Å². The van der Waals surface area contributed by atoms with E-state index in [9.17, 15) is 14.0 Å². The van der Waals surface area contributed by atoms with Crippen LogP contribution in [0.3, 0.4) is 0 Å². The number of aromatic nitrogens is 4. The van der Waals surface area contributed by atoms with Crippen molar-refractivity contribution < 1.29 is 9.18 Å². The van der Waals surface area contributed by atoms with E-state index in [1.807, 2.05) is 30.3 Å². The molecule has 2 aromatic heterocycles. The fourth-order valence-corrected chi connectivity index (χ4v) is 3.51. The summed E-state index contributed by atoms with van der Waals surface area (Å²) in [5.41, 5.74) is 0.699. The fourth-order valence-electron chi connectivity index (χ4n) is 2.72. The second kappa shape index (κ2) is 7.88. The zero-order valence-corrected chi connectivity index (χ0v) is 16.2. The van der Waals surface area contributed by atoms with Gasteiger partial charge in [0.05, 0.1) is 0 Å². The average molecular weight is 409 g/mol. The zero-order chi connectivity index (χ0) is 20.4. The minimum atomic E-state index is -0.513. The Bertz CT molecular complexity index is 1250. The Kier molecular flexibility index (Phi) is 5.13. The number of carbonyl (C=O) groups excluding carboxylic acids is 1. The van der Waals surface area contributed by atoms with Gasteiger partial charge < -0.3 is 5.32 Å². The molecule has 0 radical (unpaired) electrons. The summed E-state index contributed by atoms with van der Waals surface area (Å²) in [7, 11) is 0. The lowest BCUT2D eigenvalue weighted by Gasteiger charge is -2.06. The molecule has 0 saturated heterocycles. The molecule has 2 heterocycles. The van der Waals surface area contributed by atoms with Crippen LogP contribution in [-0.4, -0.2) is 25.3 Å². The molecule has 1 N–H and O–H groups in total. The number of anilines is 1. The van der Waals surface area contributed by atoms with Gasteiger partial charge in [-0.25, -0.2) is 13.9 Å². The highest BCUT2D eigenvalue weighted by atomic mass is 32.2. The van der Waals surface area contributed by atoms with Gasteiger partial charge in [-0.1, -0.05) is 30.0 Å². The number of hydrogen-bond acceptors (Lipinski definition) is 5. The normalized spacial score (nSPS) is 11.0. The van der Waals surface area contributed by atoms with Crippen molar-refractivity contribution >= 4 is 29.0 Å². The second-order valence-electron chi connectivity index (χ2n) is 6.31. The standard InChI is InChI=1S/C20H16FN5O2S/c1-13-11-14(7-8-16(13)21)22-18(27)12-25-20(28)26-17(23-25)9-10-19(24-26)29-15-5-3-2-4-6-15/h2-11H,12H2,1H3,(H,22,27). The molecule has 9 heteroatoms. The lowest BCUT2D eigenvalue weighted by Crippen LogP contribution is -2.28. The van der Waals surface area contributed by atoms with Crippen LogP contribution in [0.5, 0.6) is 0 Å². The van der Waals surface area contributed by atoms with E-state index in [1.165, 1.54) is 34.5 Å². The number of halogens is 1. The Hall–Kier alpha value is -3.46.